The summed E-state index contributed by atoms with van der Waals surface area (Å²) in [6.45, 7) is 8.46. The Hall–Kier alpha value is -1.36. The van der Waals surface area contributed by atoms with E-state index in [1.165, 1.54) is 51.6 Å². The summed E-state index contributed by atoms with van der Waals surface area (Å²) < 4.78 is 1.89. The number of rotatable bonds is 5. The number of amides is 1. The molecule has 3 rings (SSSR count). The molecule has 0 aromatic carbocycles. The number of aromatic nitrogens is 2. The van der Waals surface area contributed by atoms with E-state index in [9.17, 15) is 4.79 Å². The fourth-order valence-electron chi connectivity index (χ4n) is 4.32. The van der Waals surface area contributed by atoms with Crippen molar-refractivity contribution < 1.29 is 4.79 Å². The molecule has 2 atom stereocenters. The van der Waals surface area contributed by atoms with Crippen LogP contribution in [0.4, 0.5) is 0 Å². The molecular weight excluding hydrogens is 300 g/mol. The van der Waals surface area contributed by atoms with E-state index in [1.807, 2.05) is 11.6 Å². The molecule has 2 heterocycles. The topological polar surface area (TPSA) is 50.2 Å². The molecule has 0 radical (unpaired) electrons. The normalized spacial score (nSPS) is 25.6. The number of carbonyl (C=O) groups excluding carboxylic acids is 1. The lowest BCUT2D eigenvalue weighted by atomic mass is 9.83. The maximum absolute atomic E-state index is 12.7. The van der Waals surface area contributed by atoms with Gasteiger partial charge >= 0.3 is 0 Å². The number of carbonyl (C=O) groups is 1. The number of nitrogens with zero attached hydrogens (tertiary/aromatic N) is 3. The van der Waals surface area contributed by atoms with Crippen LogP contribution in [0.25, 0.3) is 0 Å². The lowest BCUT2D eigenvalue weighted by Gasteiger charge is -2.37. The van der Waals surface area contributed by atoms with E-state index in [4.69, 9.17) is 0 Å². The predicted molar refractivity (Wildman–Crippen MR) is 96.1 cm³/mol. The number of hydrogen-bond acceptors (Lipinski definition) is 3. The Morgan fingerprint density at radius 1 is 1.21 bits per heavy atom. The van der Waals surface area contributed by atoms with Crippen LogP contribution in [0.2, 0.25) is 0 Å². The van der Waals surface area contributed by atoms with Gasteiger partial charge in [0.25, 0.3) is 5.91 Å². The van der Waals surface area contributed by atoms with Gasteiger partial charge in [-0.05, 0) is 58.5 Å². The monoisotopic (exact) mass is 332 g/mol. The second kappa shape index (κ2) is 8.15. The summed E-state index contributed by atoms with van der Waals surface area (Å²) in [6, 6.07) is 0.317. The number of aryl methyl sites for hydroxylation is 1. The van der Waals surface area contributed by atoms with Gasteiger partial charge in [0.1, 0.15) is 0 Å². The third-order valence-electron chi connectivity index (χ3n) is 5.81. The van der Waals surface area contributed by atoms with Crippen molar-refractivity contribution in [1.82, 2.24) is 20.0 Å². The van der Waals surface area contributed by atoms with E-state index < -0.39 is 0 Å². The van der Waals surface area contributed by atoms with Crippen LogP contribution in [0, 0.1) is 12.8 Å². The standard InChI is InChI=1S/C19H32N4O/c1-3-23-15(2)17(13-20-23)19(24)21-18-10-6-5-9-16(18)14-22-11-7-4-8-12-22/h13,16,18H,3-12,14H2,1-2H3,(H,21,24)/t16-,18?/m0/s1. The smallest absolute Gasteiger partial charge is 0.254 e. The van der Waals surface area contributed by atoms with Crippen LogP contribution >= 0.6 is 0 Å². The summed E-state index contributed by atoms with van der Waals surface area (Å²) in [7, 11) is 0. The highest BCUT2D eigenvalue weighted by Gasteiger charge is 2.29. The van der Waals surface area contributed by atoms with E-state index in [0.717, 1.165) is 30.8 Å². The van der Waals surface area contributed by atoms with Crippen LogP contribution in [0.15, 0.2) is 6.20 Å². The lowest BCUT2D eigenvalue weighted by molar-refractivity contribution is 0.0876. The van der Waals surface area contributed by atoms with Gasteiger partial charge in [-0.3, -0.25) is 9.48 Å². The van der Waals surface area contributed by atoms with Crippen molar-refractivity contribution in [3.63, 3.8) is 0 Å². The molecule has 1 aliphatic carbocycles. The summed E-state index contributed by atoms with van der Waals surface area (Å²) >= 11 is 0. The fraction of sp³-hybridized carbons (Fsp3) is 0.789. The molecule has 1 N–H and O–H groups in total. The highest BCUT2D eigenvalue weighted by atomic mass is 16.1. The Bertz CT molecular complexity index is 548. The van der Waals surface area contributed by atoms with E-state index >= 15 is 0 Å². The van der Waals surface area contributed by atoms with Crippen molar-refractivity contribution in [1.29, 1.82) is 0 Å². The Labute approximate surface area is 145 Å². The molecule has 1 aromatic heterocycles. The summed E-state index contributed by atoms with van der Waals surface area (Å²) in [5.74, 6) is 0.657. The maximum Gasteiger partial charge on any atom is 0.254 e. The second-order valence-electron chi connectivity index (χ2n) is 7.45. The first kappa shape index (κ1) is 17.5. The SMILES string of the molecule is CCn1ncc(C(=O)NC2CCCC[C@H]2CN2CCCCC2)c1C. The molecule has 1 unspecified atom stereocenters. The molecule has 1 saturated carbocycles. The summed E-state index contributed by atoms with van der Waals surface area (Å²) in [6.07, 6.45) is 10.7. The molecule has 24 heavy (non-hydrogen) atoms. The van der Waals surface area contributed by atoms with Crippen molar-refractivity contribution >= 4 is 5.91 Å². The van der Waals surface area contributed by atoms with Gasteiger partial charge in [-0.25, -0.2) is 0 Å². The third-order valence-corrected chi connectivity index (χ3v) is 5.81. The molecule has 0 bridgehead atoms. The molecule has 5 nitrogen and oxygen atoms in total. The first-order valence-corrected chi connectivity index (χ1v) is 9.74. The third kappa shape index (κ3) is 4.00. The van der Waals surface area contributed by atoms with Crippen molar-refractivity contribution in [2.75, 3.05) is 19.6 Å². The minimum atomic E-state index is 0.0581. The number of nitrogens with one attached hydrogen (secondary N) is 1. The Morgan fingerprint density at radius 3 is 2.67 bits per heavy atom. The Balaban J connectivity index is 1.62. The second-order valence-corrected chi connectivity index (χ2v) is 7.45. The zero-order valence-electron chi connectivity index (χ0n) is 15.3. The average molecular weight is 332 g/mol. The minimum absolute atomic E-state index is 0.0581. The summed E-state index contributed by atoms with van der Waals surface area (Å²) in [4.78, 5) is 15.3. The number of piperidine rings is 1. The minimum Gasteiger partial charge on any atom is -0.349 e. The quantitative estimate of drug-likeness (QED) is 0.902. The summed E-state index contributed by atoms with van der Waals surface area (Å²) in [5.41, 5.74) is 1.71. The van der Waals surface area contributed by atoms with E-state index in [0.29, 0.717) is 12.0 Å². The Kier molecular flexibility index (Phi) is 5.93. The molecule has 134 valence electrons. The largest absolute Gasteiger partial charge is 0.349 e. The van der Waals surface area contributed by atoms with Crippen LogP contribution in [-0.4, -0.2) is 46.3 Å². The highest BCUT2D eigenvalue weighted by molar-refractivity contribution is 5.95. The van der Waals surface area contributed by atoms with E-state index in [1.54, 1.807) is 6.20 Å². The van der Waals surface area contributed by atoms with Crippen LogP contribution in [0.3, 0.4) is 0 Å². The number of likely N-dealkylation sites (tertiary alicyclic amines) is 1. The molecule has 1 aromatic rings. The van der Waals surface area contributed by atoms with Gasteiger partial charge in [0.05, 0.1) is 11.8 Å². The highest BCUT2D eigenvalue weighted by Crippen LogP contribution is 2.27. The molecule has 2 aliphatic rings. The lowest BCUT2D eigenvalue weighted by Crippen LogP contribution is -2.47. The van der Waals surface area contributed by atoms with Gasteiger partial charge in [-0.2, -0.15) is 5.10 Å². The molecule has 1 aliphatic heterocycles. The van der Waals surface area contributed by atoms with Crippen LogP contribution in [0.5, 0.6) is 0 Å². The van der Waals surface area contributed by atoms with Crippen LogP contribution in [0.1, 0.15) is 67.9 Å². The molecule has 2 fully saturated rings. The first-order valence-electron chi connectivity index (χ1n) is 9.74. The van der Waals surface area contributed by atoms with Gasteiger partial charge in [0.15, 0.2) is 0 Å². The van der Waals surface area contributed by atoms with Crippen LogP contribution < -0.4 is 5.32 Å². The first-order chi connectivity index (χ1) is 11.7. The fourth-order valence-corrected chi connectivity index (χ4v) is 4.32. The molecule has 1 saturated heterocycles. The van der Waals surface area contributed by atoms with Gasteiger partial charge in [0.2, 0.25) is 0 Å². The van der Waals surface area contributed by atoms with Gasteiger partial charge in [-0.1, -0.05) is 19.3 Å². The zero-order chi connectivity index (χ0) is 16.9. The molecule has 1 amide bonds. The molecular formula is C19H32N4O. The van der Waals surface area contributed by atoms with Gasteiger partial charge < -0.3 is 10.2 Å². The van der Waals surface area contributed by atoms with E-state index in [2.05, 4.69) is 22.2 Å². The Morgan fingerprint density at radius 2 is 1.96 bits per heavy atom. The average Bonchev–Trinajstić information content (AvgIpc) is 2.98. The van der Waals surface area contributed by atoms with Gasteiger partial charge in [0, 0.05) is 24.8 Å². The van der Waals surface area contributed by atoms with Gasteiger partial charge in [-0.15, -0.1) is 0 Å². The van der Waals surface area contributed by atoms with Crippen molar-refractivity contribution in [2.45, 2.75) is 71.4 Å². The van der Waals surface area contributed by atoms with Crippen molar-refractivity contribution in [2.24, 2.45) is 5.92 Å². The molecule has 0 spiro atoms. The van der Waals surface area contributed by atoms with Crippen molar-refractivity contribution in [3.8, 4) is 0 Å². The van der Waals surface area contributed by atoms with Crippen LogP contribution in [-0.2, 0) is 6.54 Å². The predicted octanol–water partition coefficient (Wildman–Crippen LogP) is 2.99. The van der Waals surface area contributed by atoms with E-state index in [-0.39, 0.29) is 5.91 Å². The molecule has 5 heteroatoms. The number of hydrogen-bond donors (Lipinski definition) is 1. The zero-order valence-corrected chi connectivity index (χ0v) is 15.3. The van der Waals surface area contributed by atoms with Crippen molar-refractivity contribution in [3.05, 3.63) is 17.5 Å². The summed E-state index contributed by atoms with van der Waals surface area (Å²) in [5, 5.41) is 7.64. The maximum atomic E-state index is 12.7.